The van der Waals surface area contributed by atoms with E-state index < -0.39 is 69.1 Å². The summed E-state index contributed by atoms with van der Waals surface area (Å²) in [5.41, 5.74) is 2.67. The molecule has 710 valence electrons. The molecule has 129 heavy (non-hydrogen) atoms. The molecular weight excluding hydrogens is 1690 g/mol. The first kappa shape index (κ1) is 104. The van der Waals surface area contributed by atoms with Crippen molar-refractivity contribution in [1.29, 1.82) is 5.26 Å². The van der Waals surface area contributed by atoms with Gasteiger partial charge < -0.3 is 114 Å². The lowest BCUT2D eigenvalue weighted by Crippen LogP contribution is -2.53. The molecule has 2 saturated heterocycles. The van der Waals surface area contributed by atoms with Crippen LogP contribution in [-0.2, 0) is 127 Å². The highest BCUT2D eigenvalue weighted by atomic mass is 31.2. The molecule has 37 nitrogen and oxygen atoms in total. The SMILES string of the molecule is COc1ccc(C(OC[C@H]2O[C@@H](n3cnc4c(NC(=O)c5ccccc5)ncnc43)[C@H](OCc3cn(CCOCCOCCOCCOCCOCCOCCOCCOCCOCCOCCOCCNC(=O)CCCCOC4OC(COC(C)=O)C(OC(C)=O)C(C)C4C)nn3)[C@@H]2OP(OCCC#N)N(C(C)C)C(C)C)(c2ccccc2)c2ccc(OC)cc2)cc1. The van der Waals surface area contributed by atoms with Gasteiger partial charge in [0.1, 0.15) is 66.2 Å². The van der Waals surface area contributed by atoms with Gasteiger partial charge in [0, 0.05) is 62.9 Å². The number of hydrogen-bond acceptors (Lipinski definition) is 33. The van der Waals surface area contributed by atoms with E-state index in [-0.39, 0.29) is 74.4 Å². The summed E-state index contributed by atoms with van der Waals surface area (Å²) in [5, 5.41) is 24.6. The Kier molecular flexibility index (Phi) is 47.4. The fourth-order valence-corrected chi connectivity index (χ4v) is 16.0. The second-order valence-electron chi connectivity index (χ2n) is 30.7. The first-order valence-corrected chi connectivity index (χ1v) is 45.2. The molecule has 6 unspecified atom stereocenters. The van der Waals surface area contributed by atoms with Crippen LogP contribution in [0.2, 0.25) is 0 Å². The van der Waals surface area contributed by atoms with Crippen LogP contribution in [0.4, 0.5) is 5.82 Å². The summed E-state index contributed by atoms with van der Waals surface area (Å²) in [4.78, 5) is 63.1. The fourth-order valence-electron chi connectivity index (χ4n) is 14.2. The Hall–Kier alpha value is -8.79. The van der Waals surface area contributed by atoms with E-state index >= 15 is 0 Å². The van der Waals surface area contributed by atoms with Gasteiger partial charge in [0.15, 0.2) is 29.5 Å². The smallest absolute Gasteiger partial charge is 0.303 e. The van der Waals surface area contributed by atoms with Gasteiger partial charge in [-0.3, -0.25) is 23.7 Å². The molecule has 0 aliphatic carbocycles. The van der Waals surface area contributed by atoms with Crippen LogP contribution in [0.3, 0.4) is 0 Å². The number of nitriles is 1. The fraction of sp³-hybridized carbons (Fsp3) is 0.604. The minimum absolute atomic E-state index is 0.0490. The average Bonchev–Trinajstić information content (AvgIpc) is 1.74. The molecule has 2 N–H and O–H groups in total. The van der Waals surface area contributed by atoms with E-state index in [2.05, 4.69) is 64.4 Å². The summed E-state index contributed by atoms with van der Waals surface area (Å²) >= 11 is 0. The number of nitrogens with zero attached hydrogens (tertiary/aromatic N) is 9. The van der Waals surface area contributed by atoms with Gasteiger partial charge in [0.2, 0.25) is 5.91 Å². The number of imidazole rings is 1. The summed E-state index contributed by atoms with van der Waals surface area (Å²) < 4.78 is 138. The largest absolute Gasteiger partial charge is 0.497 e. The molecule has 0 saturated carbocycles. The maximum absolute atomic E-state index is 13.7. The third kappa shape index (κ3) is 34.7. The number of benzene rings is 4. The number of nitrogens with one attached hydrogen (secondary N) is 2. The second-order valence-corrected chi connectivity index (χ2v) is 32.1. The van der Waals surface area contributed by atoms with Crippen molar-refractivity contribution in [2.75, 3.05) is 198 Å². The van der Waals surface area contributed by atoms with Crippen molar-refractivity contribution in [3.63, 3.8) is 0 Å². The minimum Gasteiger partial charge on any atom is -0.497 e. The number of hydrogen-bond donors (Lipinski definition) is 2. The molecule has 2 aliphatic heterocycles. The molecule has 0 radical (unpaired) electrons. The van der Waals surface area contributed by atoms with Crippen LogP contribution in [0.5, 0.6) is 11.5 Å². The van der Waals surface area contributed by atoms with Gasteiger partial charge in [-0.1, -0.05) is 91.9 Å². The van der Waals surface area contributed by atoms with Crippen LogP contribution in [0.1, 0.15) is 120 Å². The standard InChI is InChI=1S/C91H130N11O26P/c1-66(2)102(67(3)4)129(124-37-19-33-92)128-84-80(63-123-91(73-22-15-12-16-23-73,74-25-29-77(107-9)30-26-74)75-27-31-78(108-10)32-28-75)126-89(101-65-96-82-86(94-64-95-87(82)101)97-88(106)72-20-13-11-14-21-72)85(84)122-61-76-60-100(99-98-76)35-39-110-41-43-112-45-47-114-49-51-116-53-55-118-57-59-119-58-56-117-54-52-115-50-48-113-46-44-111-42-40-109-38-34-93-81(105)24-17-18-36-120-90-69(6)68(5)83(125-71(8)104)79(127-90)62-121-70(7)103/h11-16,20-23,25-32,60,64-69,79-80,83-85,89-90H,17-19,24,34-59,61-63H2,1-10H3,(H,93,105)(H,94,95,97,106)/t68?,69?,79?,80-,83?,84-,85-,89-,90?,129?/m1/s1. The third-order valence-corrected chi connectivity index (χ3v) is 22.9. The summed E-state index contributed by atoms with van der Waals surface area (Å²) in [6, 6.07) is 36.3. The first-order valence-electron chi connectivity index (χ1n) is 44.1. The zero-order valence-corrected chi connectivity index (χ0v) is 76.8. The van der Waals surface area contributed by atoms with Gasteiger partial charge in [-0.25, -0.2) is 24.3 Å². The van der Waals surface area contributed by atoms with E-state index in [1.165, 1.54) is 20.2 Å². The first-order chi connectivity index (χ1) is 62.9. The predicted octanol–water partition coefficient (Wildman–Crippen LogP) is 9.82. The number of rotatable bonds is 67. The molecule has 2 amide bonds. The highest BCUT2D eigenvalue weighted by Gasteiger charge is 2.52. The lowest BCUT2D eigenvalue weighted by atomic mass is 9.80. The molecule has 7 aromatic rings. The third-order valence-electron chi connectivity index (χ3n) is 20.7. The predicted molar refractivity (Wildman–Crippen MR) is 472 cm³/mol. The number of unbranched alkanes of at least 4 members (excludes halogenated alkanes) is 1. The van der Waals surface area contributed by atoms with Crippen LogP contribution >= 0.6 is 8.53 Å². The Labute approximate surface area is 756 Å². The zero-order valence-electron chi connectivity index (χ0n) is 75.9. The molecular formula is C91H130N11O26P. The summed E-state index contributed by atoms with van der Waals surface area (Å²) in [5.74, 6) is -0.0272. The van der Waals surface area contributed by atoms with Gasteiger partial charge in [0.05, 0.1) is 211 Å². The van der Waals surface area contributed by atoms with E-state index in [1.807, 2.05) is 98.8 Å². The monoisotopic (exact) mass is 1820 g/mol. The van der Waals surface area contributed by atoms with Crippen LogP contribution in [-0.4, -0.2) is 304 Å². The van der Waals surface area contributed by atoms with E-state index in [1.54, 1.807) is 60.3 Å². The molecule has 0 bridgehead atoms. The van der Waals surface area contributed by atoms with Gasteiger partial charge in [-0.05, 0) is 93.6 Å². The Bertz CT molecular complexity index is 4280. The molecule has 2 fully saturated rings. The van der Waals surface area contributed by atoms with Crippen molar-refractivity contribution in [2.45, 2.75) is 155 Å². The summed E-state index contributed by atoms with van der Waals surface area (Å²) in [6.07, 6.45) is 0.723. The zero-order chi connectivity index (χ0) is 91.6. The van der Waals surface area contributed by atoms with E-state index in [0.29, 0.717) is 218 Å². The van der Waals surface area contributed by atoms with Gasteiger partial charge >= 0.3 is 11.9 Å². The number of fused-ring (bicyclic) bond motifs is 1. The van der Waals surface area contributed by atoms with Crippen molar-refractivity contribution in [1.82, 2.24) is 44.5 Å². The number of ether oxygens (including phenoxy) is 20. The summed E-state index contributed by atoms with van der Waals surface area (Å²) in [7, 11) is 1.30. The van der Waals surface area contributed by atoms with Crippen molar-refractivity contribution in [3.8, 4) is 17.6 Å². The van der Waals surface area contributed by atoms with Gasteiger partial charge in [0.25, 0.3) is 14.4 Å². The van der Waals surface area contributed by atoms with Crippen LogP contribution in [0.15, 0.2) is 128 Å². The Morgan fingerprint density at radius 1 is 0.566 bits per heavy atom. The molecule has 3 aromatic heterocycles. The molecule has 2 aliphatic rings. The van der Waals surface area contributed by atoms with Crippen LogP contribution < -0.4 is 20.1 Å². The van der Waals surface area contributed by atoms with E-state index in [0.717, 1.165) is 16.7 Å². The van der Waals surface area contributed by atoms with E-state index in [4.69, 9.17) is 114 Å². The lowest BCUT2D eigenvalue weighted by molar-refractivity contribution is -0.273. The van der Waals surface area contributed by atoms with Crippen LogP contribution in [0, 0.1) is 23.2 Å². The normalized spacial score (nSPS) is 18.4. The maximum Gasteiger partial charge on any atom is 0.303 e. The number of carbonyl (C=O) groups is 4. The molecule has 38 heteroatoms. The Morgan fingerprint density at radius 2 is 1.09 bits per heavy atom. The highest BCUT2D eigenvalue weighted by molar-refractivity contribution is 7.44. The maximum atomic E-state index is 13.7. The Morgan fingerprint density at radius 3 is 1.60 bits per heavy atom. The van der Waals surface area contributed by atoms with Crippen molar-refractivity contribution in [2.24, 2.45) is 11.8 Å². The van der Waals surface area contributed by atoms with E-state index in [9.17, 15) is 24.4 Å². The van der Waals surface area contributed by atoms with Crippen molar-refractivity contribution in [3.05, 3.63) is 156 Å². The lowest BCUT2D eigenvalue weighted by Gasteiger charge is -2.43. The Balaban J connectivity index is 0.622. The molecule has 10 atom stereocenters. The van der Waals surface area contributed by atoms with Crippen molar-refractivity contribution >= 4 is 49.3 Å². The minimum atomic E-state index is -1.95. The topological polar surface area (TPSA) is 397 Å². The summed E-state index contributed by atoms with van der Waals surface area (Å²) in [6.45, 7) is 24.7. The average molecular weight is 1830 g/mol. The van der Waals surface area contributed by atoms with Crippen LogP contribution in [0.25, 0.3) is 11.2 Å². The number of anilines is 1. The van der Waals surface area contributed by atoms with Crippen molar-refractivity contribution < 1.29 is 123 Å². The van der Waals surface area contributed by atoms with Gasteiger partial charge in [-0.15, -0.1) is 5.10 Å². The number of aromatic nitrogens is 7. The second kappa shape index (κ2) is 58.9. The number of methoxy groups -OCH3 is 2. The molecule has 5 heterocycles. The number of esters is 2. The van der Waals surface area contributed by atoms with Gasteiger partial charge in [-0.2, -0.15) is 5.26 Å². The molecule has 9 rings (SSSR count). The highest BCUT2D eigenvalue weighted by Crippen LogP contribution is 2.52. The number of amides is 2. The molecule has 0 spiro atoms. The quantitative estimate of drug-likeness (QED) is 0.0155. The number of carbonyl (C=O) groups excluding carboxylic acids is 4. The molecule has 4 aromatic carbocycles.